The topological polar surface area (TPSA) is 58.7 Å². The minimum absolute atomic E-state index is 0.0702. The summed E-state index contributed by atoms with van der Waals surface area (Å²) in [6, 6.07) is 15.2. The van der Waals surface area contributed by atoms with Gasteiger partial charge >= 0.3 is 0 Å². The summed E-state index contributed by atoms with van der Waals surface area (Å²) in [5.41, 5.74) is 1.81. The van der Waals surface area contributed by atoms with Gasteiger partial charge in [-0.3, -0.25) is 9.59 Å². The van der Waals surface area contributed by atoms with Crippen LogP contribution >= 0.6 is 0 Å². The SMILES string of the molecule is CC(=O)c1ccc(N2CCN(C(=O)CC(c3ccco3)n3cccc3)CC2)cc1. The first-order valence-electron chi connectivity index (χ1n) is 9.91. The van der Waals surface area contributed by atoms with Crippen molar-refractivity contribution < 1.29 is 14.0 Å². The van der Waals surface area contributed by atoms with Crippen LogP contribution in [0.4, 0.5) is 5.69 Å². The standard InChI is InChI=1S/C23H25N3O3/c1-18(27)19-6-8-20(9-7-19)24-12-14-26(15-13-24)23(28)17-21(22-5-4-16-29-22)25-10-2-3-11-25/h2-11,16,21H,12-15,17H2,1H3. The van der Waals surface area contributed by atoms with Crippen molar-refractivity contribution in [1.82, 2.24) is 9.47 Å². The highest BCUT2D eigenvalue weighted by Gasteiger charge is 2.26. The summed E-state index contributed by atoms with van der Waals surface area (Å²) in [7, 11) is 0. The second kappa shape index (κ2) is 8.39. The van der Waals surface area contributed by atoms with E-state index in [1.54, 1.807) is 13.2 Å². The summed E-state index contributed by atoms with van der Waals surface area (Å²) < 4.78 is 7.60. The van der Waals surface area contributed by atoms with Crippen LogP contribution in [-0.2, 0) is 4.79 Å². The maximum absolute atomic E-state index is 13.0. The molecule has 1 aromatic carbocycles. The Bertz CT molecular complexity index is 904. The van der Waals surface area contributed by atoms with Gasteiger partial charge in [-0.05, 0) is 55.5 Å². The number of hydrogen-bond donors (Lipinski definition) is 0. The number of benzene rings is 1. The van der Waals surface area contributed by atoms with Gasteiger partial charge in [-0.2, -0.15) is 0 Å². The van der Waals surface area contributed by atoms with Crippen LogP contribution in [0, 0.1) is 0 Å². The minimum Gasteiger partial charge on any atom is -0.467 e. The number of anilines is 1. The summed E-state index contributed by atoms with van der Waals surface area (Å²) in [5.74, 6) is 0.992. The van der Waals surface area contributed by atoms with E-state index in [4.69, 9.17) is 4.42 Å². The zero-order chi connectivity index (χ0) is 20.2. The summed E-state index contributed by atoms with van der Waals surface area (Å²) in [4.78, 5) is 28.6. The Labute approximate surface area is 170 Å². The second-order valence-corrected chi connectivity index (χ2v) is 7.34. The highest BCUT2D eigenvalue weighted by Crippen LogP contribution is 2.25. The molecule has 6 heteroatoms. The third kappa shape index (κ3) is 4.26. The predicted octanol–water partition coefficient (Wildman–Crippen LogP) is 3.61. The van der Waals surface area contributed by atoms with Gasteiger partial charge < -0.3 is 18.8 Å². The lowest BCUT2D eigenvalue weighted by molar-refractivity contribution is -0.132. The first kappa shape index (κ1) is 19.1. The van der Waals surface area contributed by atoms with E-state index in [2.05, 4.69) is 4.90 Å². The Morgan fingerprint density at radius 3 is 2.24 bits per heavy atom. The van der Waals surface area contributed by atoms with Gasteiger partial charge in [-0.25, -0.2) is 0 Å². The Morgan fingerprint density at radius 2 is 1.66 bits per heavy atom. The van der Waals surface area contributed by atoms with E-state index in [1.807, 2.05) is 70.4 Å². The van der Waals surface area contributed by atoms with Gasteiger partial charge in [0.1, 0.15) is 5.76 Å². The van der Waals surface area contributed by atoms with Crippen molar-refractivity contribution in [3.63, 3.8) is 0 Å². The van der Waals surface area contributed by atoms with Crippen LogP contribution in [0.3, 0.4) is 0 Å². The van der Waals surface area contributed by atoms with Crippen molar-refractivity contribution in [2.75, 3.05) is 31.1 Å². The lowest BCUT2D eigenvalue weighted by atomic mass is 10.1. The Morgan fingerprint density at radius 1 is 0.966 bits per heavy atom. The van der Waals surface area contributed by atoms with Crippen LogP contribution in [0.5, 0.6) is 0 Å². The number of furan rings is 1. The van der Waals surface area contributed by atoms with Gasteiger partial charge in [0.2, 0.25) is 5.91 Å². The van der Waals surface area contributed by atoms with Gasteiger partial charge in [0, 0.05) is 49.8 Å². The van der Waals surface area contributed by atoms with Crippen LogP contribution in [0.25, 0.3) is 0 Å². The van der Waals surface area contributed by atoms with Crippen molar-refractivity contribution in [1.29, 1.82) is 0 Å². The van der Waals surface area contributed by atoms with Crippen LogP contribution in [0.2, 0.25) is 0 Å². The molecule has 0 saturated carbocycles. The highest BCUT2D eigenvalue weighted by atomic mass is 16.3. The fourth-order valence-electron chi connectivity index (χ4n) is 3.80. The fraction of sp³-hybridized carbons (Fsp3) is 0.304. The molecule has 3 aromatic rings. The van der Waals surface area contributed by atoms with E-state index < -0.39 is 0 Å². The Kier molecular flexibility index (Phi) is 5.51. The van der Waals surface area contributed by atoms with Gasteiger partial charge in [0.15, 0.2) is 5.78 Å². The maximum atomic E-state index is 13.0. The van der Waals surface area contributed by atoms with Crippen molar-refractivity contribution in [3.05, 3.63) is 78.5 Å². The van der Waals surface area contributed by atoms with Crippen LogP contribution in [0.1, 0.15) is 35.5 Å². The second-order valence-electron chi connectivity index (χ2n) is 7.34. The zero-order valence-electron chi connectivity index (χ0n) is 16.5. The van der Waals surface area contributed by atoms with E-state index >= 15 is 0 Å². The molecule has 0 radical (unpaired) electrons. The molecule has 2 aromatic heterocycles. The number of rotatable bonds is 6. The Balaban J connectivity index is 1.38. The number of aromatic nitrogens is 1. The molecule has 0 bridgehead atoms. The number of carbonyl (C=O) groups is 2. The van der Waals surface area contributed by atoms with Crippen molar-refractivity contribution in [3.8, 4) is 0 Å². The molecule has 3 heterocycles. The molecule has 1 saturated heterocycles. The number of carbonyl (C=O) groups excluding carboxylic acids is 2. The summed E-state index contributed by atoms with van der Waals surface area (Å²) in [5, 5.41) is 0. The van der Waals surface area contributed by atoms with E-state index in [0.717, 1.165) is 30.1 Å². The number of Topliss-reactive ketones (excluding diaryl/α,β-unsaturated/α-hetero) is 1. The van der Waals surface area contributed by atoms with E-state index in [0.29, 0.717) is 19.5 Å². The van der Waals surface area contributed by atoms with Gasteiger partial charge in [-0.1, -0.05) is 0 Å². The lowest BCUT2D eigenvalue weighted by Crippen LogP contribution is -2.49. The first-order valence-corrected chi connectivity index (χ1v) is 9.91. The highest BCUT2D eigenvalue weighted by molar-refractivity contribution is 5.94. The van der Waals surface area contributed by atoms with E-state index in [1.165, 1.54) is 0 Å². The predicted molar refractivity (Wildman–Crippen MR) is 111 cm³/mol. The quantitative estimate of drug-likeness (QED) is 0.603. The number of amides is 1. The minimum atomic E-state index is -0.135. The van der Waals surface area contributed by atoms with Crippen LogP contribution in [-0.4, -0.2) is 47.3 Å². The molecule has 0 spiro atoms. The zero-order valence-corrected chi connectivity index (χ0v) is 16.5. The normalized spacial score (nSPS) is 15.3. The smallest absolute Gasteiger partial charge is 0.225 e. The van der Waals surface area contributed by atoms with Crippen molar-refractivity contribution >= 4 is 17.4 Å². The van der Waals surface area contributed by atoms with Gasteiger partial charge in [0.25, 0.3) is 0 Å². The summed E-state index contributed by atoms with van der Waals surface area (Å²) in [6.45, 7) is 4.50. The van der Waals surface area contributed by atoms with Gasteiger partial charge in [0.05, 0.1) is 18.7 Å². The molecule has 4 rings (SSSR count). The van der Waals surface area contributed by atoms with E-state index in [-0.39, 0.29) is 17.7 Å². The fourth-order valence-corrected chi connectivity index (χ4v) is 3.80. The average molecular weight is 391 g/mol. The monoisotopic (exact) mass is 391 g/mol. The molecule has 0 N–H and O–H groups in total. The molecule has 1 fully saturated rings. The third-order valence-electron chi connectivity index (χ3n) is 5.50. The van der Waals surface area contributed by atoms with E-state index in [9.17, 15) is 9.59 Å². The number of piperazine rings is 1. The average Bonchev–Trinajstić information content (AvgIpc) is 3.46. The molecule has 1 amide bonds. The van der Waals surface area contributed by atoms with Gasteiger partial charge in [-0.15, -0.1) is 0 Å². The van der Waals surface area contributed by atoms with Crippen LogP contribution in [0.15, 0.2) is 71.6 Å². The summed E-state index contributed by atoms with van der Waals surface area (Å²) in [6.07, 6.45) is 5.94. The molecule has 1 aliphatic heterocycles. The molecule has 0 aliphatic carbocycles. The maximum Gasteiger partial charge on any atom is 0.225 e. The van der Waals surface area contributed by atoms with Crippen molar-refractivity contribution in [2.24, 2.45) is 0 Å². The molecule has 1 atom stereocenters. The first-order chi connectivity index (χ1) is 14.1. The molecular formula is C23H25N3O3. The molecular weight excluding hydrogens is 366 g/mol. The molecule has 6 nitrogen and oxygen atoms in total. The third-order valence-corrected chi connectivity index (χ3v) is 5.50. The number of ketones is 1. The molecule has 150 valence electrons. The Hall–Kier alpha value is -3.28. The number of nitrogens with zero attached hydrogens (tertiary/aromatic N) is 3. The summed E-state index contributed by atoms with van der Waals surface area (Å²) >= 11 is 0. The molecule has 1 unspecified atom stereocenters. The molecule has 29 heavy (non-hydrogen) atoms. The van der Waals surface area contributed by atoms with Crippen LogP contribution < -0.4 is 4.90 Å². The number of hydrogen-bond acceptors (Lipinski definition) is 4. The largest absolute Gasteiger partial charge is 0.467 e. The lowest BCUT2D eigenvalue weighted by Gasteiger charge is -2.36. The van der Waals surface area contributed by atoms with Crippen molar-refractivity contribution in [2.45, 2.75) is 19.4 Å². The molecule has 1 aliphatic rings.